The lowest BCUT2D eigenvalue weighted by molar-refractivity contribution is -0.153. The molecule has 0 aliphatic carbocycles. The van der Waals surface area contributed by atoms with Crippen LogP contribution in [-0.2, 0) is 23.7 Å². The molecule has 1 rings (SSSR count). The minimum absolute atomic E-state index is 0.481. The van der Waals surface area contributed by atoms with Crippen molar-refractivity contribution in [2.75, 3.05) is 7.11 Å². The van der Waals surface area contributed by atoms with Gasteiger partial charge >= 0.3 is 18.2 Å². The van der Waals surface area contributed by atoms with E-state index in [9.17, 15) is 14.4 Å². The molecule has 32 heavy (non-hydrogen) atoms. The maximum atomic E-state index is 13.0. The summed E-state index contributed by atoms with van der Waals surface area (Å²) in [7, 11) is 1.15. The third kappa shape index (κ3) is 8.34. The first-order valence-corrected chi connectivity index (χ1v) is 10.4. The Bertz CT molecular complexity index is 765. The predicted molar refractivity (Wildman–Crippen MR) is 120 cm³/mol. The molecule has 0 saturated heterocycles. The average Bonchev–Trinajstić information content (AvgIpc) is 2.67. The van der Waals surface area contributed by atoms with Gasteiger partial charge < -0.3 is 18.9 Å². The van der Waals surface area contributed by atoms with Crippen molar-refractivity contribution in [3.05, 3.63) is 48.6 Å². The first kappa shape index (κ1) is 27.2. The summed E-state index contributed by atoms with van der Waals surface area (Å²) in [6.45, 7) is 15.4. The summed E-state index contributed by atoms with van der Waals surface area (Å²) in [5, 5.41) is 0. The van der Waals surface area contributed by atoms with Gasteiger partial charge in [-0.3, -0.25) is 0 Å². The molecule has 2 amide bonds. The van der Waals surface area contributed by atoms with Gasteiger partial charge in [0.25, 0.3) is 0 Å². The quantitative estimate of drug-likeness (QED) is 0.327. The van der Waals surface area contributed by atoms with E-state index in [2.05, 4.69) is 6.58 Å². The number of ether oxygens (including phenoxy) is 4. The lowest BCUT2D eigenvalue weighted by Gasteiger charge is -2.35. The standard InChI is InChI=1S/C24H35NO7/c1-10-18(30-16(2)17-14-12-11-13-15-17)19(20(26)29-9)25(21(27)31-23(3,4)5)22(28)32-24(6,7)8/h10-16,18-19H,1H2,2-9H3/t16-,18-,19+/m0/s1. The fourth-order valence-electron chi connectivity index (χ4n) is 2.73. The molecule has 0 aliphatic rings. The highest BCUT2D eigenvalue weighted by Crippen LogP contribution is 2.25. The second-order valence-electron chi connectivity index (χ2n) is 9.19. The summed E-state index contributed by atoms with van der Waals surface area (Å²) in [6, 6.07) is 7.77. The maximum absolute atomic E-state index is 13.0. The third-order valence-corrected chi connectivity index (χ3v) is 4.07. The molecule has 0 fully saturated rings. The number of carbonyl (C=O) groups is 3. The lowest BCUT2D eigenvalue weighted by atomic mass is 10.1. The molecule has 8 heteroatoms. The van der Waals surface area contributed by atoms with E-state index >= 15 is 0 Å². The number of methoxy groups -OCH3 is 1. The van der Waals surface area contributed by atoms with E-state index in [-0.39, 0.29) is 0 Å². The molecule has 178 valence electrons. The number of carbonyl (C=O) groups excluding carboxylic acids is 3. The van der Waals surface area contributed by atoms with Crippen molar-refractivity contribution in [2.45, 2.75) is 77.9 Å². The largest absolute Gasteiger partial charge is 0.467 e. The predicted octanol–water partition coefficient (Wildman–Crippen LogP) is 5.03. The van der Waals surface area contributed by atoms with Crippen LogP contribution in [-0.4, -0.2) is 53.5 Å². The van der Waals surface area contributed by atoms with Crippen LogP contribution in [0.2, 0.25) is 0 Å². The Labute approximate surface area is 190 Å². The van der Waals surface area contributed by atoms with Crippen LogP contribution in [0, 0.1) is 0 Å². The van der Waals surface area contributed by atoms with E-state index in [1.165, 1.54) is 6.08 Å². The summed E-state index contributed by atoms with van der Waals surface area (Å²) >= 11 is 0. The van der Waals surface area contributed by atoms with E-state index in [0.29, 0.717) is 4.90 Å². The third-order valence-electron chi connectivity index (χ3n) is 4.07. The maximum Gasteiger partial charge on any atom is 0.420 e. The Morgan fingerprint density at radius 1 is 0.938 bits per heavy atom. The van der Waals surface area contributed by atoms with Gasteiger partial charge in [0.15, 0.2) is 6.04 Å². The minimum atomic E-state index is -1.52. The van der Waals surface area contributed by atoms with Crippen molar-refractivity contribution >= 4 is 18.2 Å². The molecule has 1 aromatic rings. The van der Waals surface area contributed by atoms with Crippen LogP contribution >= 0.6 is 0 Å². The highest BCUT2D eigenvalue weighted by molar-refractivity contribution is 5.94. The normalized spacial score (nSPS) is 14.5. The first-order valence-electron chi connectivity index (χ1n) is 10.4. The molecule has 3 atom stereocenters. The first-order chi connectivity index (χ1) is 14.7. The number of hydrogen-bond donors (Lipinski definition) is 0. The Balaban J connectivity index is 3.41. The molecular formula is C24H35NO7. The monoisotopic (exact) mass is 449 g/mol. The van der Waals surface area contributed by atoms with Crippen molar-refractivity contribution in [3.63, 3.8) is 0 Å². The molecule has 0 radical (unpaired) electrons. The Morgan fingerprint density at radius 2 is 1.41 bits per heavy atom. The second-order valence-corrected chi connectivity index (χ2v) is 9.19. The van der Waals surface area contributed by atoms with Crippen LogP contribution < -0.4 is 0 Å². The van der Waals surface area contributed by atoms with Gasteiger partial charge in [-0.1, -0.05) is 36.4 Å². The van der Waals surface area contributed by atoms with Crippen LogP contribution in [0.3, 0.4) is 0 Å². The molecule has 1 aromatic carbocycles. The summed E-state index contributed by atoms with van der Waals surface area (Å²) in [5.41, 5.74) is -1.02. The highest BCUT2D eigenvalue weighted by Gasteiger charge is 2.45. The van der Waals surface area contributed by atoms with Crippen molar-refractivity contribution < 1.29 is 33.3 Å². The van der Waals surface area contributed by atoms with Gasteiger partial charge in [-0.15, -0.1) is 6.58 Å². The number of rotatable bonds is 7. The summed E-state index contributed by atoms with van der Waals surface area (Å²) in [5.74, 6) is -0.883. The van der Waals surface area contributed by atoms with E-state index < -0.39 is 47.6 Å². The van der Waals surface area contributed by atoms with E-state index in [0.717, 1.165) is 12.7 Å². The van der Waals surface area contributed by atoms with Gasteiger partial charge in [0, 0.05) is 0 Å². The smallest absolute Gasteiger partial charge is 0.420 e. The van der Waals surface area contributed by atoms with Crippen molar-refractivity contribution in [1.29, 1.82) is 0 Å². The lowest BCUT2D eigenvalue weighted by Crippen LogP contribution is -2.57. The topological polar surface area (TPSA) is 91.4 Å². The van der Waals surface area contributed by atoms with Crippen molar-refractivity contribution in [3.8, 4) is 0 Å². The zero-order valence-electron chi connectivity index (χ0n) is 20.2. The molecule has 0 heterocycles. The van der Waals surface area contributed by atoms with E-state index in [1.807, 2.05) is 30.3 Å². The number of hydrogen-bond acceptors (Lipinski definition) is 7. The molecule has 0 aliphatic heterocycles. The summed E-state index contributed by atoms with van der Waals surface area (Å²) in [4.78, 5) is 39.5. The Kier molecular flexibility index (Phi) is 9.45. The van der Waals surface area contributed by atoms with Gasteiger partial charge in [-0.05, 0) is 54.0 Å². The van der Waals surface area contributed by atoms with Gasteiger partial charge in [0.2, 0.25) is 0 Å². The molecule has 0 bridgehead atoms. The van der Waals surface area contributed by atoms with Crippen LogP contribution in [0.5, 0.6) is 0 Å². The summed E-state index contributed by atoms with van der Waals surface area (Å²) in [6.07, 6.45) is -2.37. The number of nitrogens with zero attached hydrogens (tertiary/aromatic N) is 1. The molecule has 8 nitrogen and oxygen atoms in total. The molecule has 0 saturated carbocycles. The number of amides is 2. The number of imide groups is 1. The van der Waals surface area contributed by atoms with Crippen LogP contribution in [0.25, 0.3) is 0 Å². The van der Waals surface area contributed by atoms with E-state index in [1.54, 1.807) is 48.5 Å². The van der Waals surface area contributed by atoms with Gasteiger partial charge in [-0.2, -0.15) is 4.90 Å². The van der Waals surface area contributed by atoms with Gasteiger partial charge in [-0.25, -0.2) is 14.4 Å². The molecule has 0 N–H and O–H groups in total. The number of benzene rings is 1. The fraction of sp³-hybridized carbons (Fsp3) is 0.542. The second kappa shape index (κ2) is 11.1. The zero-order valence-corrected chi connectivity index (χ0v) is 20.2. The van der Waals surface area contributed by atoms with Crippen LogP contribution in [0.1, 0.15) is 60.1 Å². The Hall–Kier alpha value is -2.87. The van der Waals surface area contributed by atoms with Crippen molar-refractivity contribution in [1.82, 2.24) is 4.90 Å². The van der Waals surface area contributed by atoms with Gasteiger partial charge in [0.05, 0.1) is 13.2 Å². The Morgan fingerprint density at radius 3 is 1.78 bits per heavy atom. The molecule has 0 spiro atoms. The molecular weight excluding hydrogens is 414 g/mol. The number of esters is 1. The highest BCUT2D eigenvalue weighted by atomic mass is 16.6. The van der Waals surface area contributed by atoms with Crippen LogP contribution in [0.15, 0.2) is 43.0 Å². The fourth-order valence-corrected chi connectivity index (χ4v) is 2.73. The average molecular weight is 450 g/mol. The minimum Gasteiger partial charge on any atom is -0.467 e. The van der Waals surface area contributed by atoms with Gasteiger partial charge in [0.1, 0.15) is 17.3 Å². The SMILES string of the molecule is C=C[C@H](O[C@@H](C)c1ccccc1)[C@H](C(=O)OC)N(C(=O)OC(C)(C)C)C(=O)OC(C)(C)C. The molecule has 0 aromatic heterocycles. The zero-order chi connectivity index (χ0) is 24.7. The molecule has 0 unspecified atom stereocenters. The van der Waals surface area contributed by atoms with Crippen LogP contribution in [0.4, 0.5) is 9.59 Å². The van der Waals surface area contributed by atoms with Crippen molar-refractivity contribution in [2.24, 2.45) is 0 Å². The van der Waals surface area contributed by atoms with E-state index in [4.69, 9.17) is 18.9 Å². The summed E-state index contributed by atoms with van der Waals surface area (Å²) < 4.78 is 21.7.